The lowest BCUT2D eigenvalue weighted by Gasteiger charge is -2.08. The molecule has 0 amide bonds. The summed E-state index contributed by atoms with van der Waals surface area (Å²) in [6.07, 6.45) is 1.67. The van der Waals surface area contributed by atoms with Crippen LogP contribution < -0.4 is 4.74 Å². The molecule has 1 aromatic carbocycles. The molecule has 0 radical (unpaired) electrons. The first kappa shape index (κ1) is 16.0. The molecule has 118 valence electrons. The smallest absolute Gasteiger partial charge is 0.358 e. The highest BCUT2D eigenvalue weighted by molar-refractivity contribution is 5.86. The van der Waals surface area contributed by atoms with Crippen LogP contribution in [0.25, 0.3) is 0 Å². The Labute approximate surface area is 128 Å². The number of aromatic nitrogens is 3. The number of nitrogens with zero attached hydrogens (tertiary/aromatic N) is 3. The molecular formula is C15H19N3O4. The first-order valence-corrected chi connectivity index (χ1v) is 7.16. The van der Waals surface area contributed by atoms with E-state index in [0.29, 0.717) is 38.1 Å². The lowest BCUT2D eigenvalue weighted by atomic mass is 10.2. The van der Waals surface area contributed by atoms with Crippen LogP contribution in [0.15, 0.2) is 30.3 Å². The number of aliphatic hydroxyl groups excluding tert-OH is 1. The van der Waals surface area contributed by atoms with Gasteiger partial charge in [0.15, 0.2) is 5.69 Å². The molecule has 0 saturated heterocycles. The molecule has 0 aliphatic rings. The van der Waals surface area contributed by atoms with Crippen molar-refractivity contribution >= 4 is 5.97 Å². The zero-order valence-electron chi connectivity index (χ0n) is 12.2. The van der Waals surface area contributed by atoms with Crippen LogP contribution in [-0.2, 0) is 13.0 Å². The SMILES string of the molecule is O=C(O)c1nnn(CCCO)c1CCCOc1ccccc1. The van der Waals surface area contributed by atoms with Gasteiger partial charge in [-0.05, 0) is 31.4 Å². The fourth-order valence-electron chi connectivity index (χ4n) is 2.09. The summed E-state index contributed by atoms with van der Waals surface area (Å²) in [5.41, 5.74) is 0.537. The summed E-state index contributed by atoms with van der Waals surface area (Å²) >= 11 is 0. The van der Waals surface area contributed by atoms with Crippen molar-refractivity contribution in [1.29, 1.82) is 0 Å². The predicted molar refractivity (Wildman–Crippen MR) is 78.9 cm³/mol. The normalized spacial score (nSPS) is 10.6. The lowest BCUT2D eigenvalue weighted by Crippen LogP contribution is -2.11. The minimum atomic E-state index is -1.09. The third-order valence-corrected chi connectivity index (χ3v) is 3.14. The summed E-state index contributed by atoms with van der Waals surface area (Å²) in [4.78, 5) is 11.2. The van der Waals surface area contributed by atoms with Crippen LogP contribution in [0.4, 0.5) is 0 Å². The van der Waals surface area contributed by atoms with Crippen LogP contribution in [0.5, 0.6) is 5.75 Å². The number of benzene rings is 1. The summed E-state index contributed by atoms with van der Waals surface area (Å²) in [5, 5.41) is 25.6. The van der Waals surface area contributed by atoms with Crippen LogP contribution in [0, 0.1) is 0 Å². The topological polar surface area (TPSA) is 97.5 Å². The maximum Gasteiger partial charge on any atom is 0.358 e. The van der Waals surface area contributed by atoms with Crippen molar-refractivity contribution in [3.05, 3.63) is 41.7 Å². The summed E-state index contributed by atoms with van der Waals surface area (Å²) in [5.74, 6) is -0.304. The Balaban J connectivity index is 1.92. The molecule has 1 aromatic heterocycles. The summed E-state index contributed by atoms with van der Waals surface area (Å²) in [7, 11) is 0. The van der Waals surface area contributed by atoms with E-state index in [0.717, 1.165) is 5.75 Å². The van der Waals surface area contributed by atoms with Gasteiger partial charge in [-0.15, -0.1) is 5.10 Å². The molecule has 0 atom stereocenters. The molecule has 7 nitrogen and oxygen atoms in total. The van der Waals surface area contributed by atoms with Crippen molar-refractivity contribution in [3.8, 4) is 5.75 Å². The lowest BCUT2D eigenvalue weighted by molar-refractivity contribution is 0.0689. The van der Waals surface area contributed by atoms with Crippen LogP contribution in [0.1, 0.15) is 29.0 Å². The quantitative estimate of drug-likeness (QED) is 0.679. The van der Waals surface area contributed by atoms with E-state index in [2.05, 4.69) is 10.3 Å². The molecule has 0 saturated carbocycles. The minimum absolute atomic E-state index is 0.0266. The molecular weight excluding hydrogens is 286 g/mol. The number of rotatable bonds is 9. The molecule has 2 aromatic rings. The molecule has 0 fully saturated rings. The number of carboxylic acid groups (broad SMARTS) is 1. The monoisotopic (exact) mass is 305 g/mol. The van der Waals surface area contributed by atoms with E-state index in [1.54, 1.807) is 4.68 Å². The Kier molecular flexibility index (Phi) is 5.91. The minimum Gasteiger partial charge on any atom is -0.494 e. The summed E-state index contributed by atoms with van der Waals surface area (Å²) < 4.78 is 7.13. The number of aryl methyl sites for hydroxylation is 1. The third-order valence-electron chi connectivity index (χ3n) is 3.14. The number of aromatic carboxylic acids is 1. The van der Waals surface area contributed by atoms with Gasteiger partial charge in [0.1, 0.15) is 5.75 Å². The average Bonchev–Trinajstić information content (AvgIpc) is 2.93. The number of hydrogen-bond acceptors (Lipinski definition) is 5. The number of carboxylic acids is 1. The molecule has 0 spiro atoms. The Morgan fingerprint density at radius 1 is 1.23 bits per heavy atom. The van der Waals surface area contributed by atoms with Gasteiger partial charge in [0.25, 0.3) is 0 Å². The van der Waals surface area contributed by atoms with Gasteiger partial charge >= 0.3 is 5.97 Å². The maximum absolute atomic E-state index is 11.2. The number of para-hydroxylation sites is 1. The van der Waals surface area contributed by atoms with Gasteiger partial charge in [-0.25, -0.2) is 9.48 Å². The molecule has 1 heterocycles. The zero-order chi connectivity index (χ0) is 15.8. The Hall–Kier alpha value is -2.41. The number of ether oxygens (including phenoxy) is 1. The molecule has 0 unspecified atom stereocenters. The van der Waals surface area contributed by atoms with Crippen LogP contribution in [-0.4, -0.2) is 44.4 Å². The van der Waals surface area contributed by atoms with E-state index >= 15 is 0 Å². The highest BCUT2D eigenvalue weighted by Gasteiger charge is 2.18. The fourth-order valence-corrected chi connectivity index (χ4v) is 2.09. The Morgan fingerprint density at radius 2 is 2.00 bits per heavy atom. The number of carbonyl (C=O) groups is 1. The number of hydrogen-bond donors (Lipinski definition) is 2. The van der Waals surface area contributed by atoms with E-state index in [1.165, 1.54) is 0 Å². The standard InChI is InChI=1S/C15H19N3O4/c19-10-5-9-18-13(14(15(20)21)16-17-18)8-4-11-22-12-6-2-1-3-7-12/h1-3,6-7,19H,4-5,8-11H2,(H,20,21). The van der Waals surface area contributed by atoms with Gasteiger partial charge in [0, 0.05) is 13.2 Å². The van der Waals surface area contributed by atoms with E-state index in [-0.39, 0.29) is 12.3 Å². The van der Waals surface area contributed by atoms with Crippen molar-refractivity contribution < 1.29 is 19.7 Å². The van der Waals surface area contributed by atoms with Gasteiger partial charge in [0.05, 0.1) is 12.3 Å². The maximum atomic E-state index is 11.2. The van der Waals surface area contributed by atoms with E-state index < -0.39 is 5.97 Å². The zero-order valence-corrected chi connectivity index (χ0v) is 12.2. The third kappa shape index (κ3) is 4.29. The molecule has 0 aliphatic heterocycles. The predicted octanol–water partition coefficient (Wildman–Crippen LogP) is 1.37. The average molecular weight is 305 g/mol. The van der Waals surface area contributed by atoms with Crippen molar-refractivity contribution in [3.63, 3.8) is 0 Å². The van der Waals surface area contributed by atoms with Crippen LogP contribution in [0.3, 0.4) is 0 Å². The van der Waals surface area contributed by atoms with E-state index in [1.807, 2.05) is 30.3 Å². The first-order valence-electron chi connectivity index (χ1n) is 7.16. The highest BCUT2D eigenvalue weighted by Crippen LogP contribution is 2.12. The van der Waals surface area contributed by atoms with Gasteiger partial charge in [0.2, 0.25) is 0 Å². The molecule has 0 bridgehead atoms. The van der Waals surface area contributed by atoms with E-state index in [4.69, 9.17) is 14.9 Å². The first-order chi connectivity index (χ1) is 10.7. The molecule has 0 aliphatic carbocycles. The molecule has 2 rings (SSSR count). The second kappa shape index (κ2) is 8.14. The fraction of sp³-hybridized carbons (Fsp3) is 0.400. The van der Waals surface area contributed by atoms with Crippen molar-refractivity contribution in [1.82, 2.24) is 15.0 Å². The summed E-state index contributed by atoms with van der Waals surface area (Å²) in [6.45, 7) is 0.957. The van der Waals surface area contributed by atoms with Crippen LogP contribution >= 0.6 is 0 Å². The summed E-state index contributed by atoms with van der Waals surface area (Å²) in [6, 6.07) is 9.44. The largest absolute Gasteiger partial charge is 0.494 e. The van der Waals surface area contributed by atoms with Gasteiger partial charge in [-0.3, -0.25) is 0 Å². The van der Waals surface area contributed by atoms with Crippen LogP contribution in [0.2, 0.25) is 0 Å². The van der Waals surface area contributed by atoms with Crippen molar-refractivity contribution in [2.45, 2.75) is 25.8 Å². The molecule has 22 heavy (non-hydrogen) atoms. The number of aliphatic hydroxyl groups is 1. The van der Waals surface area contributed by atoms with Gasteiger partial charge in [-0.2, -0.15) is 0 Å². The van der Waals surface area contributed by atoms with Crippen molar-refractivity contribution in [2.75, 3.05) is 13.2 Å². The highest BCUT2D eigenvalue weighted by atomic mass is 16.5. The van der Waals surface area contributed by atoms with Crippen molar-refractivity contribution in [2.24, 2.45) is 0 Å². The molecule has 7 heteroatoms. The second-order valence-corrected chi connectivity index (χ2v) is 4.76. The van der Waals surface area contributed by atoms with E-state index in [9.17, 15) is 4.79 Å². The van der Waals surface area contributed by atoms with Gasteiger partial charge in [-0.1, -0.05) is 23.4 Å². The Bertz CT molecular complexity index is 598. The van der Waals surface area contributed by atoms with Gasteiger partial charge < -0.3 is 14.9 Å². The molecule has 2 N–H and O–H groups in total. The second-order valence-electron chi connectivity index (χ2n) is 4.76. The Morgan fingerprint density at radius 3 is 2.68 bits per heavy atom.